The molecule has 1 aromatic rings. The summed E-state index contributed by atoms with van der Waals surface area (Å²) in [6, 6.07) is 1.40. The highest BCUT2D eigenvalue weighted by atomic mass is 16.6. The first-order chi connectivity index (χ1) is 12.0. The van der Waals surface area contributed by atoms with E-state index < -0.39 is 43.7 Å². The number of benzene rings is 1. The molecule has 0 radical (unpaired) electrons. The second-order valence-corrected chi connectivity index (χ2v) is 7.54. The van der Waals surface area contributed by atoms with Gasteiger partial charge in [-0.1, -0.05) is 20.8 Å². The molecule has 0 spiro atoms. The predicted octanol–water partition coefficient (Wildman–Crippen LogP) is 4.39. The summed E-state index contributed by atoms with van der Waals surface area (Å²) >= 11 is 0. The maximum Gasteiger partial charge on any atom is 0.325 e. The summed E-state index contributed by atoms with van der Waals surface area (Å²) in [6.45, 7) is 6.43. The van der Waals surface area contributed by atoms with Crippen LogP contribution in [0.1, 0.15) is 46.5 Å². The van der Waals surface area contributed by atoms with E-state index in [1.807, 2.05) is 0 Å². The molecule has 0 aliphatic heterocycles. The summed E-state index contributed by atoms with van der Waals surface area (Å²) in [6.07, 6.45) is 2.54. The summed E-state index contributed by atoms with van der Waals surface area (Å²) in [7, 11) is 0. The second kappa shape index (κ2) is 7.22. The van der Waals surface area contributed by atoms with Crippen LogP contribution in [0.25, 0.3) is 0 Å². The second-order valence-electron chi connectivity index (χ2n) is 7.54. The van der Waals surface area contributed by atoms with Crippen molar-refractivity contribution in [2.75, 3.05) is 0 Å². The van der Waals surface area contributed by atoms with Crippen molar-refractivity contribution in [1.82, 2.24) is 0 Å². The van der Waals surface area contributed by atoms with E-state index in [9.17, 15) is 30.3 Å². The number of non-ortho nitro benzene ring substituents is 1. The molecule has 1 aliphatic rings. The van der Waals surface area contributed by atoms with Crippen molar-refractivity contribution in [2.24, 2.45) is 11.3 Å². The highest BCUT2D eigenvalue weighted by Gasteiger charge is 2.36. The molecule has 0 atom stereocenters. The topological polar surface area (TPSA) is 139 Å². The third-order valence-electron chi connectivity index (χ3n) is 4.82. The van der Waals surface area contributed by atoms with Crippen molar-refractivity contribution in [3.63, 3.8) is 0 Å². The zero-order valence-electron chi connectivity index (χ0n) is 14.8. The van der Waals surface area contributed by atoms with Gasteiger partial charge in [-0.05, 0) is 37.0 Å². The SMILES string of the molecule is CC(C)(C)C1CCC(Oc2c([N+](=O)[O-])cc([N+](=O)[O-])cc2[N+](=O)[O-])CC1. The monoisotopic (exact) mass is 367 g/mol. The van der Waals surface area contributed by atoms with Gasteiger partial charge in [-0.2, -0.15) is 0 Å². The number of ether oxygens (including phenoxy) is 1. The quantitative estimate of drug-likeness (QED) is 0.555. The fourth-order valence-electron chi connectivity index (χ4n) is 3.29. The van der Waals surface area contributed by atoms with E-state index in [0.717, 1.165) is 12.8 Å². The molecular weight excluding hydrogens is 346 g/mol. The minimum absolute atomic E-state index is 0.135. The summed E-state index contributed by atoms with van der Waals surface area (Å²) in [5.41, 5.74) is -2.10. The van der Waals surface area contributed by atoms with Gasteiger partial charge < -0.3 is 4.74 Å². The van der Waals surface area contributed by atoms with E-state index in [0.29, 0.717) is 30.9 Å². The molecule has 0 unspecified atom stereocenters. The third kappa shape index (κ3) is 4.24. The maximum atomic E-state index is 11.3. The Kier molecular flexibility index (Phi) is 5.43. The first-order valence-electron chi connectivity index (χ1n) is 8.28. The number of nitro benzene ring substituents is 3. The van der Waals surface area contributed by atoms with Crippen LogP contribution in [0.3, 0.4) is 0 Å². The lowest BCUT2D eigenvalue weighted by molar-refractivity contribution is -0.404. The van der Waals surface area contributed by atoms with E-state index in [4.69, 9.17) is 4.74 Å². The average molecular weight is 367 g/mol. The van der Waals surface area contributed by atoms with Crippen LogP contribution in [-0.2, 0) is 0 Å². The van der Waals surface area contributed by atoms with Gasteiger partial charge in [0.15, 0.2) is 0 Å². The van der Waals surface area contributed by atoms with Gasteiger partial charge in [0.25, 0.3) is 11.4 Å². The van der Waals surface area contributed by atoms with Gasteiger partial charge in [-0.15, -0.1) is 0 Å². The zero-order valence-corrected chi connectivity index (χ0v) is 14.8. The summed E-state index contributed by atoms with van der Waals surface area (Å²) in [5, 5.41) is 33.5. The van der Waals surface area contributed by atoms with Crippen LogP contribution >= 0.6 is 0 Å². The Morgan fingerprint density at radius 3 is 1.69 bits per heavy atom. The fraction of sp³-hybridized carbons (Fsp3) is 0.625. The van der Waals surface area contributed by atoms with Gasteiger partial charge in [0.05, 0.1) is 33.0 Å². The first-order valence-corrected chi connectivity index (χ1v) is 8.28. The van der Waals surface area contributed by atoms with Crippen molar-refractivity contribution < 1.29 is 19.5 Å². The third-order valence-corrected chi connectivity index (χ3v) is 4.82. The minimum Gasteiger partial charge on any atom is -0.479 e. The van der Waals surface area contributed by atoms with Gasteiger partial charge in [-0.25, -0.2) is 0 Å². The molecule has 0 amide bonds. The van der Waals surface area contributed by atoms with Crippen LogP contribution in [0.2, 0.25) is 0 Å². The van der Waals surface area contributed by atoms with E-state index in [-0.39, 0.29) is 5.41 Å². The molecule has 1 saturated carbocycles. The number of hydrogen-bond acceptors (Lipinski definition) is 7. The van der Waals surface area contributed by atoms with Crippen molar-refractivity contribution in [1.29, 1.82) is 0 Å². The standard InChI is InChI=1S/C16H21N3O7/c1-16(2,3)10-4-6-12(7-5-10)26-15-13(18(22)23)8-11(17(20)21)9-14(15)19(24)25/h8-10,12H,4-7H2,1-3H3. The maximum absolute atomic E-state index is 11.3. The largest absolute Gasteiger partial charge is 0.479 e. The van der Waals surface area contributed by atoms with Gasteiger partial charge in [0.2, 0.25) is 0 Å². The van der Waals surface area contributed by atoms with Crippen LogP contribution < -0.4 is 4.74 Å². The molecule has 10 heteroatoms. The van der Waals surface area contributed by atoms with Gasteiger partial charge in [0, 0.05) is 0 Å². The van der Waals surface area contributed by atoms with E-state index in [2.05, 4.69) is 20.8 Å². The van der Waals surface area contributed by atoms with E-state index in [1.54, 1.807) is 0 Å². The van der Waals surface area contributed by atoms with Crippen LogP contribution in [0.5, 0.6) is 5.75 Å². The molecule has 1 fully saturated rings. The number of nitro groups is 3. The molecule has 1 aromatic carbocycles. The normalized spacial score (nSPS) is 20.4. The van der Waals surface area contributed by atoms with Gasteiger partial charge >= 0.3 is 11.4 Å². The Hall–Kier alpha value is -2.78. The van der Waals surface area contributed by atoms with Gasteiger partial charge in [-0.3, -0.25) is 30.3 Å². The Labute approximate surface area is 149 Å². The van der Waals surface area contributed by atoms with E-state index >= 15 is 0 Å². The molecule has 10 nitrogen and oxygen atoms in total. The van der Waals surface area contributed by atoms with Crippen LogP contribution in [0.4, 0.5) is 17.1 Å². The molecular formula is C16H21N3O7. The smallest absolute Gasteiger partial charge is 0.325 e. The lowest BCUT2D eigenvalue weighted by Crippen LogP contribution is -2.30. The Balaban J connectivity index is 2.32. The number of rotatable bonds is 5. The van der Waals surface area contributed by atoms with Crippen molar-refractivity contribution in [2.45, 2.75) is 52.6 Å². The molecule has 0 heterocycles. The fourth-order valence-corrected chi connectivity index (χ4v) is 3.29. The molecule has 0 N–H and O–H groups in total. The number of hydrogen-bond donors (Lipinski definition) is 0. The minimum atomic E-state index is -0.904. The first kappa shape index (κ1) is 19.5. The lowest BCUT2D eigenvalue weighted by atomic mass is 9.72. The van der Waals surface area contributed by atoms with Crippen LogP contribution in [0.15, 0.2) is 12.1 Å². The molecule has 1 aliphatic carbocycles. The Bertz CT molecular complexity index is 699. The lowest BCUT2D eigenvalue weighted by Gasteiger charge is -2.36. The van der Waals surface area contributed by atoms with Crippen molar-refractivity contribution in [3.05, 3.63) is 42.5 Å². The van der Waals surface area contributed by atoms with E-state index in [1.165, 1.54) is 0 Å². The average Bonchev–Trinajstić information content (AvgIpc) is 2.53. The van der Waals surface area contributed by atoms with Crippen molar-refractivity contribution in [3.8, 4) is 5.75 Å². The molecule has 0 bridgehead atoms. The highest BCUT2D eigenvalue weighted by molar-refractivity contribution is 5.65. The number of nitrogens with zero attached hydrogens (tertiary/aromatic N) is 3. The molecule has 142 valence electrons. The predicted molar refractivity (Wildman–Crippen MR) is 92.2 cm³/mol. The van der Waals surface area contributed by atoms with Crippen molar-refractivity contribution >= 4 is 17.1 Å². The molecule has 0 saturated heterocycles. The van der Waals surface area contributed by atoms with Crippen LogP contribution in [0, 0.1) is 41.7 Å². The zero-order chi connectivity index (χ0) is 19.6. The van der Waals surface area contributed by atoms with Gasteiger partial charge in [0.1, 0.15) is 0 Å². The Morgan fingerprint density at radius 1 is 0.885 bits per heavy atom. The molecule has 0 aromatic heterocycles. The summed E-state index contributed by atoms with van der Waals surface area (Å²) < 4.78 is 5.63. The molecule has 2 rings (SSSR count). The molecule has 26 heavy (non-hydrogen) atoms. The summed E-state index contributed by atoms with van der Waals surface area (Å²) in [5.74, 6) is -0.0333. The van der Waals surface area contributed by atoms with Crippen LogP contribution in [-0.4, -0.2) is 20.9 Å². The Morgan fingerprint density at radius 2 is 1.35 bits per heavy atom. The highest BCUT2D eigenvalue weighted by Crippen LogP contribution is 2.44. The summed E-state index contributed by atoms with van der Waals surface area (Å²) in [4.78, 5) is 30.8.